The van der Waals surface area contributed by atoms with E-state index in [9.17, 15) is 0 Å². The maximum atomic E-state index is 5.47. The van der Waals surface area contributed by atoms with Gasteiger partial charge in [0.05, 0.1) is 17.4 Å². The van der Waals surface area contributed by atoms with Crippen LogP contribution in [0.15, 0.2) is 23.0 Å². The van der Waals surface area contributed by atoms with Crippen molar-refractivity contribution >= 4 is 11.0 Å². The number of imidazole rings is 1. The highest BCUT2D eigenvalue weighted by molar-refractivity contribution is 5.77. The van der Waals surface area contributed by atoms with E-state index < -0.39 is 0 Å². The molecule has 6 nitrogen and oxygen atoms in total. The van der Waals surface area contributed by atoms with E-state index >= 15 is 0 Å². The molecule has 0 N–H and O–H groups in total. The fraction of sp³-hybridized carbons (Fsp3) is 0.438. The SMILES string of the molecule is CCOC(C)c1noc(Cn2cnc3cc(C)c(C)cc32)n1. The lowest BCUT2D eigenvalue weighted by Gasteiger charge is -2.05. The van der Waals surface area contributed by atoms with E-state index in [0.29, 0.717) is 24.9 Å². The average molecular weight is 300 g/mol. The van der Waals surface area contributed by atoms with Gasteiger partial charge in [-0.05, 0) is 51.0 Å². The zero-order valence-corrected chi connectivity index (χ0v) is 13.3. The molecule has 2 aromatic heterocycles. The predicted molar refractivity (Wildman–Crippen MR) is 82.6 cm³/mol. The summed E-state index contributed by atoms with van der Waals surface area (Å²) < 4.78 is 12.8. The lowest BCUT2D eigenvalue weighted by atomic mass is 10.1. The summed E-state index contributed by atoms with van der Waals surface area (Å²) in [5.74, 6) is 1.13. The maximum Gasteiger partial charge on any atom is 0.246 e. The summed E-state index contributed by atoms with van der Waals surface area (Å²) in [7, 11) is 0. The van der Waals surface area contributed by atoms with E-state index in [1.54, 1.807) is 6.33 Å². The van der Waals surface area contributed by atoms with Crippen LogP contribution >= 0.6 is 0 Å². The molecule has 2 heterocycles. The van der Waals surface area contributed by atoms with Crippen LogP contribution in [0.25, 0.3) is 11.0 Å². The van der Waals surface area contributed by atoms with Crippen LogP contribution in [0, 0.1) is 13.8 Å². The van der Waals surface area contributed by atoms with Gasteiger partial charge >= 0.3 is 0 Å². The van der Waals surface area contributed by atoms with Gasteiger partial charge in [0.25, 0.3) is 0 Å². The Balaban J connectivity index is 1.86. The molecule has 0 bridgehead atoms. The van der Waals surface area contributed by atoms with Crippen LogP contribution in [0.4, 0.5) is 0 Å². The van der Waals surface area contributed by atoms with Gasteiger partial charge in [0.2, 0.25) is 5.89 Å². The minimum absolute atomic E-state index is 0.160. The van der Waals surface area contributed by atoms with Crippen molar-refractivity contribution in [3.05, 3.63) is 41.3 Å². The molecule has 0 saturated heterocycles. The normalized spacial score (nSPS) is 12.9. The predicted octanol–water partition coefficient (Wildman–Crippen LogP) is 3.18. The molecule has 0 aliphatic rings. The summed E-state index contributed by atoms with van der Waals surface area (Å²) in [5, 5.41) is 3.98. The molecule has 0 saturated carbocycles. The van der Waals surface area contributed by atoms with Gasteiger partial charge in [0, 0.05) is 6.61 Å². The summed E-state index contributed by atoms with van der Waals surface area (Å²) in [5.41, 5.74) is 4.53. The second-order valence-electron chi connectivity index (χ2n) is 5.44. The largest absolute Gasteiger partial charge is 0.371 e. The minimum Gasteiger partial charge on any atom is -0.371 e. The van der Waals surface area contributed by atoms with Gasteiger partial charge in [-0.15, -0.1) is 0 Å². The van der Waals surface area contributed by atoms with E-state index in [1.807, 2.05) is 18.4 Å². The molecule has 6 heteroatoms. The molecule has 22 heavy (non-hydrogen) atoms. The first kappa shape index (κ1) is 14.7. The highest BCUT2D eigenvalue weighted by atomic mass is 16.5. The van der Waals surface area contributed by atoms with Gasteiger partial charge < -0.3 is 13.8 Å². The van der Waals surface area contributed by atoms with Crippen LogP contribution < -0.4 is 0 Å². The smallest absolute Gasteiger partial charge is 0.246 e. The van der Waals surface area contributed by atoms with Crippen LogP contribution in [0.5, 0.6) is 0 Å². The minimum atomic E-state index is -0.160. The molecule has 0 amide bonds. The Bertz CT molecular complexity index is 791. The number of rotatable bonds is 5. The molecule has 0 spiro atoms. The van der Waals surface area contributed by atoms with E-state index in [4.69, 9.17) is 9.26 Å². The summed E-state index contributed by atoms with van der Waals surface area (Å²) in [4.78, 5) is 8.84. The van der Waals surface area contributed by atoms with E-state index in [-0.39, 0.29) is 6.10 Å². The van der Waals surface area contributed by atoms with Gasteiger partial charge in [0.15, 0.2) is 5.82 Å². The number of hydrogen-bond donors (Lipinski definition) is 0. The second kappa shape index (κ2) is 5.88. The summed E-state index contributed by atoms with van der Waals surface area (Å²) in [6, 6.07) is 4.23. The number of ether oxygens (including phenoxy) is 1. The van der Waals surface area contributed by atoms with Crippen molar-refractivity contribution in [3.8, 4) is 0 Å². The van der Waals surface area contributed by atoms with E-state index in [2.05, 4.69) is 41.1 Å². The second-order valence-corrected chi connectivity index (χ2v) is 5.44. The van der Waals surface area contributed by atoms with E-state index in [1.165, 1.54) is 11.1 Å². The molecule has 0 aliphatic carbocycles. The molecule has 3 aromatic rings. The fourth-order valence-corrected chi connectivity index (χ4v) is 2.41. The molecule has 0 fully saturated rings. The number of fused-ring (bicyclic) bond motifs is 1. The van der Waals surface area contributed by atoms with Crippen molar-refractivity contribution in [2.24, 2.45) is 0 Å². The Hall–Kier alpha value is -2.21. The number of nitrogens with zero attached hydrogens (tertiary/aromatic N) is 4. The fourth-order valence-electron chi connectivity index (χ4n) is 2.41. The Morgan fingerprint density at radius 2 is 2.05 bits per heavy atom. The lowest BCUT2D eigenvalue weighted by molar-refractivity contribution is 0.0683. The van der Waals surface area contributed by atoms with Crippen LogP contribution in [0.3, 0.4) is 0 Å². The van der Waals surface area contributed by atoms with Crippen molar-refractivity contribution in [3.63, 3.8) is 0 Å². The van der Waals surface area contributed by atoms with Crippen molar-refractivity contribution in [2.75, 3.05) is 6.61 Å². The molecule has 1 unspecified atom stereocenters. The van der Waals surface area contributed by atoms with Gasteiger partial charge in [-0.25, -0.2) is 4.98 Å². The van der Waals surface area contributed by atoms with Gasteiger partial charge in [-0.1, -0.05) is 5.16 Å². The first-order chi connectivity index (χ1) is 10.6. The Morgan fingerprint density at radius 3 is 2.82 bits per heavy atom. The summed E-state index contributed by atoms with van der Waals surface area (Å²) in [6.07, 6.45) is 1.64. The molecule has 116 valence electrons. The topological polar surface area (TPSA) is 66.0 Å². The number of aromatic nitrogens is 4. The highest BCUT2D eigenvalue weighted by Crippen LogP contribution is 2.20. The first-order valence-corrected chi connectivity index (χ1v) is 7.44. The quantitative estimate of drug-likeness (QED) is 0.724. The third-order valence-corrected chi connectivity index (χ3v) is 3.81. The molecular formula is C16H20N4O2. The van der Waals surface area contributed by atoms with Crippen molar-refractivity contribution in [1.82, 2.24) is 19.7 Å². The standard InChI is InChI=1S/C16H20N4O2/c1-5-21-12(4)16-18-15(22-19-16)8-20-9-17-13-6-10(2)11(3)7-14(13)20/h6-7,9,12H,5,8H2,1-4H3. The third kappa shape index (κ3) is 2.74. The van der Waals surface area contributed by atoms with Gasteiger partial charge in [-0.2, -0.15) is 4.98 Å². The van der Waals surface area contributed by atoms with Gasteiger partial charge in [-0.3, -0.25) is 0 Å². The number of benzene rings is 1. The van der Waals surface area contributed by atoms with Crippen molar-refractivity contribution < 1.29 is 9.26 Å². The Labute approximate surface area is 129 Å². The van der Waals surface area contributed by atoms with Crippen LogP contribution in [-0.2, 0) is 11.3 Å². The van der Waals surface area contributed by atoms with Crippen LogP contribution in [-0.4, -0.2) is 26.3 Å². The number of aryl methyl sites for hydroxylation is 2. The maximum absolute atomic E-state index is 5.47. The number of hydrogen-bond acceptors (Lipinski definition) is 5. The summed E-state index contributed by atoms with van der Waals surface area (Å²) >= 11 is 0. The zero-order chi connectivity index (χ0) is 15.7. The molecule has 3 rings (SSSR count). The summed E-state index contributed by atoms with van der Waals surface area (Å²) in [6.45, 7) is 9.17. The molecule has 0 aliphatic heterocycles. The molecule has 1 atom stereocenters. The van der Waals surface area contributed by atoms with Crippen molar-refractivity contribution in [2.45, 2.75) is 40.3 Å². The van der Waals surface area contributed by atoms with E-state index in [0.717, 1.165) is 11.0 Å². The lowest BCUT2D eigenvalue weighted by Crippen LogP contribution is -2.03. The molecular weight excluding hydrogens is 280 g/mol. The van der Waals surface area contributed by atoms with Crippen LogP contribution in [0.2, 0.25) is 0 Å². The average Bonchev–Trinajstić information content (AvgIpc) is 3.09. The first-order valence-electron chi connectivity index (χ1n) is 7.44. The van der Waals surface area contributed by atoms with Crippen molar-refractivity contribution in [1.29, 1.82) is 0 Å². The zero-order valence-electron chi connectivity index (χ0n) is 13.3. The van der Waals surface area contributed by atoms with Gasteiger partial charge in [0.1, 0.15) is 12.6 Å². The van der Waals surface area contributed by atoms with Crippen LogP contribution in [0.1, 0.15) is 42.8 Å². The Morgan fingerprint density at radius 1 is 1.27 bits per heavy atom. The Kier molecular flexibility index (Phi) is 3.94. The molecule has 1 aromatic carbocycles. The third-order valence-electron chi connectivity index (χ3n) is 3.81. The monoisotopic (exact) mass is 300 g/mol. The highest BCUT2D eigenvalue weighted by Gasteiger charge is 2.15. The molecule has 0 radical (unpaired) electrons.